The minimum Gasteiger partial charge on any atom is -0.504 e. The zero-order chi connectivity index (χ0) is 22.0. The summed E-state index contributed by atoms with van der Waals surface area (Å²) in [5, 5.41) is 20.7. The average molecular weight is 421 g/mol. The summed E-state index contributed by atoms with van der Waals surface area (Å²) < 4.78 is 5.91. The largest absolute Gasteiger partial charge is 0.504 e. The first-order chi connectivity index (χ1) is 14.7. The number of hydrogen-bond acceptors (Lipinski definition) is 3. The van der Waals surface area contributed by atoms with Crippen LogP contribution in [0.5, 0.6) is 17.2 Å². The van der Waals surface area contributed by atoms with Crippen molar-refractivity contribution in [3.8, 4) is 17.2 Å². The van der Waals surface area contributed by atoms with Crippen LogP contribution < -0.4 is 4.74 Å². The zero-order valence-electron chi connectivity index (χ0n) is 20.1. The second kappa shape index (κ2) is 17.3. The summed E-state index contributed by atoms with van der Waals surface area (Å²) >= 11 is 0. The van der Waals surface area contributed by atoms with Crippen LogP contribution in [0, 0.1) is 0 Å². The summed E-state index contributed by atoms with van der Waals surface area (Å²) in [6.45, 7) is 7.14. The molecule has 174 valence electrons. The van der Waals surface area contributed by atoms with E-state index in [0.717, 1.165) is 43.2 Å². The molecule has 0 amide bonds. The standard InChI is InChI=1S/C27H48O3/c1-4-7-9-11-13-15-17-19-23-22-25(28)26(29)27(30-21-6-3)24(23)20-18-16-14-12-10-8-5-2/h22,28-29H,4-21H2,1-3H3. The van der Waals surface area contributed by atoms with Gasteiger partial charge in [-0.3, -0.25) is 0 Å². The van der Waals surface area contributed by atoms with Gasteiger partial charge in [0.05, 0.1) is 6.61 Å². The van der Waals surface area contributed by atoms with Crippen LogP contribution in [0.25, 0.3) is 0 Å². The van der Waals surface area contributed by atoms with Gasteiger partial charge in [-0.05, 0) is 43.7 Å². The smallest absolute Gasteiger partial charge is 0.200 e. The average Bonchev–Trinajstić information content (AvgIpc) is 2.74. The molecule has 0 aliphatic rings. The van der Waals surface area contributed by atoms with Crippen molar-refractivity contribution in [3.63, 3.8) is 0 Å². The molecule has 2 N–H and O–H groups in total. The number of aromatic hydroxyl groups is 2. The Morgan fingerprint density at radius 3 is 1.67 bits per heavy atom. The number of benzene rings is 1. The Balaban J connectivity index is 2.69. The van der Waals surface area contributed by atoms with E-state index in [4.69, 9.17) is 4.74 Å². The van der Waals surface area contributed by atoms with E-state index in [1.54, 1.807) is 6.07 Å². The van der Waals surface area contributed by atoms with E-state index in [9.17, 15) is 10.2 Å². The lowest BCUT2D eigenvalue weighted by atomic mass is 9.94. The second-order valence-corrected chi connectivity index (χ2v) is 8.80. The molecule has 0 unspecified atom stereocenters. The number of unbranched alkanes of at least 4 members (excludes halogenated alkanes) is 12. The third-order valence-electron chi connectivity index (χ3n) is 5.96. The molecular weight excluding hydrogens is 372 g/mol. The maximum Gasteiger partial charge on any atom is 0.200 e. The molecule has 3 nitrogen and oxygen atoms in total. The number of aryl methyl sites for hydroxylation is 1. The first-order valence-corrected chi connectivity index (χ1v) is 12.8. The minimum atomic E-state index is -0.0790. The van der Waals surface area contributed by atoms with E-state index in [1.165, 1.54) is 77.0 Å². The van der Waals surface area contributed by atoms with E-state index in [1.807, 2.05) is 0 Å². The van der Waals surface area contributed by atoms with Gasteiger partial charge in [0.15, 0.2) is 11.5 Å². The van der Waals surface area contributed by atoms with Crippen molar-refractivity contribution in [2.75, 3.05) is 6.61 Å². The molecule has 0 radical (unpaired) electrons. The summed E-state index contributed by atoms with van der Waals surface area (Å²) in [6.07, 6.45) is 20.6. The fourth-order valence-corrected chi connectivity index (χ4v) is 4.11. The summed E-state index contributed by atoms with van der Waals surface area (Å²) in [5.74, 6) is 0.410. The van der Waals surface area contributed by atoms with Gasteiger partial charge in [0.25, 0.3) is 0 Å². The quantitative estimate of drug-likeness (QED) is 0.174. The highest BCUT2D eigenvalue weighted by molar-refractivity contribution is 5.58. The summed E-state index contributed by atoms with van der Waals surface area (Å²) in [5.41, 5.74) is 2.29. The summed E-state index contributed by atoms with van der Waals surface area (Å²) in [6, 6.07) is 1.78. The van der Waals surface area contributed by atoms with Crippen LogP contribution >= 0.6 is 0 Å². The van der Waals surface area contributed by atoms with E-state index < -0.39 is 0 Å². The number of phenolic OH excluding ortho intramolecular Hbond substituents is 2. The van der Waals surface area contributed by atoms with Gasteiger partial charge >= 0.3 is 0 Å². The maximum absolute atomic E-state index is 10.4. The SMILES string of the molecule is CCCCCCCCCc1cc(O)c(O)c(OCCC)c1CCCCCCCCC. The van der Waals surface area contributed by atoms with Crippen LogP contribution in [0.1, 0.15) is 128 Å². The van der Waals surface area contributed by atoms with E-state index >= 15 is 0 Å². The molecule has 0 aromatic heterocycles. The molecule has 0 saturated carbocycles. The van der Waals surface area contributed by atoms with Crippen LogP contribution in [-0.4, -0.2) is 16.8 Å². The van der Waals surface area contributed by atoms with Gasteiger partial charge in [-0.15, -0.1) is 0 Å². The molecule has 0 atom stereocenters. The van der Waals surface area contributed by atoms with Gasteiger partial charge in [-0.2, -0.15) is 0 Å². The van der Waals surface area contributed by atoms with Gasteiger partial charge in [-0.1, -0.05) is 97.8 Å². The molecule has 0 fully saturated rings. The predicted octanol–water partition coefficient (Wildman–Crippen LogP) is 8.47. The van der Waals surface area contributed by atoms with Crippen LogP contribution in [0.15, 0.2) is 6.07 Å². The Labute approximate surface area is 186 Å². The first-order valence-electron chi connectivity index (χ1n) is 12.8. The third kappa shape index (κ3) is 10.6. The van der Waals surface area contributed by atoms with Crippen LogP contribution in [0.3, 0.4) is 0 Å². The van der Waals surface area contributed by atoms with Gasteiger partial charge in [0, 0.05) is 5.56 Å². The fourth-order valence-electron chi connectivity index (χ4n) is 4.11. The van der Waals surface area contributed by atoms with Crippen molar-refractivity contribution in [1.29, 1.82) is 0 Å². The molecular formula is C27H48O3. The summed E-state index contributed by atoms with van der Waals surface area (Å²) in [4.78, 5) is 0. The normalized spacial score (nSPS) is 11.2. The van der Waals surface area contributed by atoms with Crippen molar-refractivity contribution < 1.29 is 14.9 Å². The molecule has 0 spiro atoms. The highest BCUT2D eigenvalue weighted by Gasteiger charge is 2.18. The molecule has 0 heterocycles. The topological polar surface area (TPSA) is 49.7 Å². The van der Waals surface area contributed by atoms with Crippen molar-refractivity contribution in [2.45, 2.75) is 130 Å². The maximum atomic E-state index is 10.4. The van der Waals surface area contributed by atoms with Crippen LogP contribution in [0.2, 0.25) is 0 Å². The molecule has 30 heavy (non-hydrogen) atoms. The lowest BCUT2D eigenvalue weighted by Gasteiger charge is -2.18. The Hall–Kier alpha value is -1.38. The highest BCUT2D eigenvalue weighted by Crippen LogP contribution is 2.42. The molecule has 0 bridgehead atoms. The van der Waals surface area contributed by atoms with Gasteiger partial charge in [0.1, 0.15) is 0 Å². The van der Waals surface area contributed by atoms with Crippen molar-refractivity contribution in [1.82, 2.24) is 0 Å². The number of hydrogen-bond donors (Lipinski definition) is 2. The van der Waals surface area contributed by atoms with Crippen molar-refractivity contribution in [3.05, 3.63) is 17.2 Å². The van der Waals surface area contributed by atoms with E-state index in [2.05, 4.69) is 20.8 Å². The number of rotatable bonds is 19. The number of phenols is 2. The minimum absolute atomic E-state index is 0.0395. The van der Waals surface area contributed by atoms with E-state index in [0.29, 0.717) is 12.4 Å². The molecule has 3 heteroatoms. The number of ether oxygens (including phenoxy) is 1. The van der Waals surface area contributed by atoms with Gasteiger partial charge < -0.3 is 14.9 Å². The first kappa shape index (κ1) is 26.7. The Kier molecular flexibility index (Phi) is 15.4. The highest BCUT2D eigenvalue weighted by atomic mass is 16.5. The second-order valence-electron chi connectivity index (χ2n) is 8.80. The molecule has 0 aliphatic carbocycles. The predicted molar refractivity (Wildman–Crippen MR) is 129 cm³/mol. The van der Waals surface area contributed by atoms with E-state index in [-0.39, 0.29) is 11.5 Å². The summed E-state index contributed by atoms with van der Waals surface area (Å²) in [7, 11) is 0. The molecule has 0 aliphatic heterocycles. The Bertz CT molecular complexity index is 554. The Morgan fingerprint density at radius 1 is 0.633 bits per heavy atom. The molecule has 1 rings (SSSR count). The van der Waals surface area contributed by atoms with Gasteiger partial charge in [-0.25, -0.2) is 0 Å². The fraction of sp³-hybridized carbons (Fsp3) is 0.778. The monoisotopic (exact) mass is 420 g/mol. The van der Waals surface area contributed by atoms with Crippen molar-refractivity contribution in [2.24, 2.45) is 0 Å². The molecule has 1 aromatic rings. The molecule has 0 saturated heterocycles. The third-order valence-corrected chi connectivity index (χ3v) is 5.96. The van der Waals surface area contributed by atoms with Crippen LogP contribution in [-0.2, 0) is 12.8 Å². The zero-order valence-corrected chi connectivity index (χ0v) is 20.1. The van der Waals surface area contributed by atoms with Crippen LogP contribution in [0.4, 0.5) is 0 Å². The Morgan fingerprint density at radius 2 is 1.13 bits per heavy atom. The van der Waals surface area contributed by atoms with Crippen molar-refractivity contribution >= 4 is 0 Å². The lowest BCUT2D eigenvalue weighted by molar-refractivity contribution is 0.288. The lowest BCUT2D eigenvalue weighted by Crippen LogP contribution is -2.04. The molecule has 1 aromatic carbocycles. The van der Waals surface area contributed by atoms with Gasteiger partial charge in [0.2, 0.25) is 5.75 Å².